The van der Waals surface area contributed by atoms with E-state index in [9.17, 15) is 10.4 Å². The second-order valence-corrected chi connectivity index (χ2v) is 5.66. The van der Waals surface area contributed by atoms with Crippen molar-refractivity contribution >= 4 is 16.7 Å². The van der Waals surface area contributed by atoms with Crippen LogP contribution < -0.4 is 5.32 Å². The molecule has 0 aliphatic heterocycles. The topological polar surface area (TPSA) is 68.9 Å². The Morgan fingerprint density at radius 2 is 2.10 bits per heavy atom. The zero-order chi connectivity index (χ0) is 14.7. The van der Waals surface area contributed by atoms with E-state index in [1.54, 1.807) is 0 Å². The molecule has 1 aliphatic carbocycles. The maximum Gasteiger partial charge on any atom is 0.128 e. The van der Waals surface area contributed by atoms with Crippen molar-refractivity contribution in [1.29, 1.82) is 5.26 Å². The van der Waals surface area contributed by atoms with E-state index in [0.717, 1.165) is 29.6 Å². The van der Waals surface area contributed by atoms with Crippen LogP contribution in [0.25, 0.3) is 10.9 Å². The summed E-state index contributed by atoms with van der Waals surface area (Å²) in [5.74, 6) is 1.01. The minimum Gasteiger partial charge on any atom is -0.396 e. The summed E-state index contributed by atoms with van der Waals surface area (Å²) in [6, 6.07) is 12.0. The maximum absolute atomic E-state index is 9.50. The molecule has 1 heterocycles. The lowest BCUT2D eigenvalue weighted by atomic mass is 9.85. The van der Waals surface area contributed by atoms with E-state index in [4.69, 9.17) is 0 Å². The number of benzene rings is 1. The number of aliphatic hydroxyl groups is 1. The van der Waals surface area contributed by atoms with Crippen LogP contribution in [0.5, 0.6) is 0 Å². The molecule has 0 spiro atoms. The molecular formula is C17H19N3O. The number of nitriles is 1. The molecule has 0 amide bonds. The van der Waals surface area contributed by atoms with Crippen LogP contribution in [0.4, 0.5) is 5.82 Å². The molecule has 4 nitrogen and oxygen atoms in total. The van der Waals surface area contributed by atoms with E-state index in [1.165, 1.54) is 12.8 Å². The van der Waals surface area contributed by atoms with Gasteiger partial charge in [-0.3, -0.25) is 0 Å². The van der Waals surface area contributed by atoms with E-state index in [0.29, 0.717) is 5.56 Å². The van der Waals surface area contributed by atoms with Gasteiger partial charge in [0.05, 0.1) is 17.1 Å². The molecule has 21 heavy (non-hydrogen) atoms. The molecule has 3 rings (SSSR count). The van der Waals surface area contributed by atoms with Crippen LogP contribution in [0.2, 0.25) is 0 Å². The third-order valence-corrected chi connectivity index (χ3v) is 4.31. The van der Waals surface area contributed by atoms with Crippen LogP contribution in [0, 0.1) is 17.2 Å². The van der Waals surface area contributed by atoms with Gasteiger partial charge in [-0.05, 0) is 25.0 Å². The van der Waals surface area contributed by atoms with E-state index in [-0.39, 0.29) is 18.6 Å². The zero-order valence-electron chi connectivity index (χ0n) is 11.9. The van der Waals surface area contributed by atoms with Gasteiger partial charge in [0, 0.05) is 24.0 Å². The van der Waals surface area contributed by atoms with Gasteiger partial charge >= 0.3 is 0 Å². The molecule has 2 unspecified atom stereocenters. The van der Waals surface area contributed by atoms with Crippen LogP contribution in [-0.2, 0) is 0 Å². The predicted molar refractivity (Wildman–Crippen MR) is 82.9 cm³/mol. The number of nitrogens with zero attached hydrogens (tertiary/aromatic N) is 2. The third kappa shape index (κ3) is 2.84. The second-order valence-electron chi connectivity index (χ2n) is 5.66. The van der Waals surface area contributed by atoms with Crippen molar-refractivity contribution in [3.05, 3.63) is 35.9 Å². The highest BCUT2D eigenvalue weighted by Gasteiger charge is 2.24. The smallest absolute Gasteiger partial charge is 0.128 e. The molecule has 2 atom stereocenters. The Balaban J connectivity index is 1.92. The summed E-state index contributed by atoms with van der Waals surface area (Å²) in [5.41, 5.74) is 1.47. The highest BCUT2D eigenvalue weighted by Crippen LogP contribution is 2.28. The molecule has 1 aromatic heterocycles. The first-order valence-electron chi connectivity index (χ1n) is 7.49. The van der Waals surface area contributed by atoms with E-state index >= 15 is 0 Å². The molecule has 0 saturated heterocycles. The molecule has 1 saturated carbocycles. The fourth-order valence-corrected chi connectivity index (χ4v) is 3.15. The zero-order valence-corrected chi connectivity index (χ0v) is 11.9. The van der Waals surface area contributed by atoms with Crippen LogP contribution in [-0.4, -0.2) is 22.7 Å². The Morgan fingerprint density at radius 3 is 2.90 bits per heavy atom. The first-order chi connectivity index (χ1) is 10.3. The lowest BCUT2D eigenvalue weighted by molar-refractivity contribution is 0.178. The van der Waals surface area contributed by atoms with Crippen molar-refractivity contribution in [3.8, 4) is 6.07 Å². The van der Waals surface area contributed by atoms with E-state index in [2.05, 4.69) is 16.4 Å². The molecule has 0 bridgehead atoms. The van der Waals surface area contributed by atoms with Crippen molar-refractivity contribution in [3.63, 3.8) is 0 Å². The molecule has 1 aliphatic rings. The average Bonchev–Trinajstić information content (AvgIpc) is 2.54. The number of nitrogens with one attached hydrogen (secondary N) is 1. The largest absolute Gasteiger partial charge is 0.396 e. The number of aromatic nitrogens is 1. The fraction of sp³-hybridized carbons (Fsp3) is 0.412. The number of pyridine rings is 1. The fourth-order valence-electron chi connectivity index (χ4n) is 3.15. The predicted octanol–water partition coefficient (Wildman–Crippen LogP) is 3.07. The van der Waals surface area contributed by atoms with Gasteiger partial charge < -0.3 is 10.4 Å². The minimum atomic E-state index is 0.205. The van der Waals surface area contributed by atoms with Crippen molar-refractivity contribution in [2.75, 3.05) is 11.9 Å². The molecule has 1 aromatic carbocycles. The third-order valence-electron chi connectivity index (χ3n) is 4.31. The van der Waals surface area contributed by atoms with Crippen molar-refractivity contribution < 1.29 is 5.11 Å². The maximum atomic E-state index is 9.50. The summed E-state index contributed by atoms with van der Waals surface area (Å²) >= 11 is 0. The van der Waals surface area contributed by atoms with Gasteiger partial charge in [0.2, 0.25) is 0 Å². The first-order valence-corrected chi connectivity index (χ1v) is 7.49. The average molecular weight is 281 g/mol. The van der Waals surface area contributed by atoms with E-state index < -0.39 is 0 Å². The summed E-state index contributed by atoms with van der Waals surface area (Å²) < 4.78 is 0. The SMILES string of the molecule is N#Cc1cc(NC2CCCCC2CO)nc2ccccc12. The number of anilines is 1. The normalized spacial score (nSPS) is 21.9. The number of para-hydroxylation sites is 1. The van der Waals surface area contributed by atoms with Gasteiger partial charge in [-0.1, -0.05) is 31.0 Å². The quantitative estimate of drug-likeness (QED) is 0.907. The number of hydrogen-bond donors (Lipinski definition) is 2. The molecule has 2 N–H and O–H groups in total. The molecular weight excluding hydrogens is 262 g/mol. The summed E-state index contributed by atoms with van der Waals surface area (Å²) in [7, 11) is 0. The Morgan fingerprint density at radius 1 is 1.29 bits per heavy atom. The van der Waals surface area contributed by atoms with Crippen LogP contribution in [0.15, 0.2) is 30.3 Å². The molecule has 4 heteroatoms. The van der Waals surface area contributed by atoms with Gasteiger partial charge in [-0.15, -0.1) is 0 Å². The highest BCUT2D eigenvalue weighted by molar-refractivity contribution is 5.86. The monoisotopic (exact) mass is 281 g/mol. The highest BCUT2D eigenvalue weighted by atomic mass is 16.3. The second kappa shape index (κ2) is 6.11. The lowest BCUT2D eigenvalue weighted by Gasteiger charge is -2.31. The minimum absolute atomic E-state index is 0.205. The molecule has 1 fully saturated rings. The van der Waals surface area contributed by atoms with Gasteiger partial charge in [0.1, 0.15) is 5.82 Å². The Hall–Kier alpha value is -2.12. The molecule has 108 valence electrons. The standard InChI is InChI=1S/C17H19N3O/c18-10-13-9-17(20-16-8-4-2-6-14(13)16)19-15-7-3-1-5-12(15)11-21/h2,4,6,8-9,12,15,21H,1,3,5,7,11H2,(H,19,20). The van der Waals surface area contributed by atoms with E-state index in [1.807, 2.05) is 30.3 Å². The van der Waals surface area contributed by atoms with Gasteiger partial charge in [-0.25, -0.2) is 4.98 Å². The van der Waals surface area contributed by atoms with Crippen molar-refractivity contribution in [2.24, 2.45) is 5.92 Å². The number of hydrogen-bond acceptors (Lipinski definition) is 4. The van der Waals surface area contributed by atoms with Crippen LogP contribution in [0.3, 0.4) is 0 Å². The Bertz CT molecular complexity index is 677. The molecule has 0 radical (unpaired) electrons. The van der Waals surface area contributed by atoms with Gasteiger partial charge in [0.25, 0.3) is 0 Å². The van der Waals surface area contributed by atoms with Crippen molar-refractivity contribution in [2.45, 2.75) is 31.7 Å². The van der Waals surface area contributed by atoms with Crippen molar-refractivity contribution in [1.82, 2.24) is 4.98 Å². The lowest BCUT2D eigenvalue weighted by Crippen LogP contribution is -2.34. The number of rotatable bonds is 3. The summed E-state index contributed by atoms with van der Waals surface area (Å²) in [6.07, 6.45) is 4.44. The summed E-state index contributed by atoms with van der Waals surface area (Å²) in [5, 5.41) is 23.1. The summed E-state index contributed by atoms with van der Waals surface area (Å²) in [4.78, 5) is 4.60. The van der Waals surface area contributed by atoms with Crippen LogP contribution in [0.1, 0.15) is 31.2 Å². The van der Waals surface area contributed by atoms with Gasteiger partial charge in [-0.2, -0.15) is 5.26 Å². The Kier molecular flexibility index (Phi) is 4.03. The first kappa shape index (κ1) is 13.8. The van der Waals surface area contributed by atoms with Crippen LogP contribution >= 0.6 is 0 Å². The summed E-state index contributed by atoms with van der Waals surface area (Å²) in [6.45, 7) is 0.205. The Labute approximate surface area is 124 Å². The van der Waals surface area contributed by atoms with Gasteiger partial charge in [0.15, 0.2) is 0 Å². The molecule has 2 aromatic rings. The number of fused-ring (bicyclic) bond motifs is 1. The number of aliphatic hydroxyl groups excluding tert-OH is 1.